The lowest BCUT2D eigenvalue weighted by molar-refractivity contribution is 0.627. The van der Waals surface area contributed by atoms with Gasteiger partial charge in [0.1, 0.15) is 11.6 Å². The van der Waals surface area contributed by atoms with Gasteiger partial charge in [-0.25, -0.2) is 9.37 Å². The minimum Gasteiger partial charge on any atom is -0.384 e. The van der Waals surface area contributed by atoms with Crippen LogP contribution >= 0.6 is 0 Å². The standard InChI is InChI=1S/C13H14FN3/c1-2-17(11-5-3-4-10(14)8-11)12-6-7-16-13(15)9-12/h3-9H,2H2,1H3,(H2,15,16). The van der Waals surface area contributed by atoms with Crippen molar-refractivity contribution in [1.82, 2.24) is 4.98 Å². The molecule has 0 amide bonds. The summed E-state index contributed by atoms with van der Waals surface area (Å²) >= 11 is 0. The molecule has 0 aliphatic rings. The lowest BCUT2D eigenvalue weighted by Crippen LogP contribution is -2.16. The maximum Gasteiger partial charge on any atom is 0.125 e. The van der Waals surface area contributed by atoms with Gasteiger partial charge in [0.2, 0.25) is 0 Å². The largest absolute Gasteiger partial charge is 0.384 e. The van der Waals surface area contributed by atoms with Crippen molar-refractivity contribution in [1.29, 1.82) is 0 Å². The predicted octanol–water partition coefficient (Wildman–Crippen LogP) is 2.96. The van der Waals surface area contributed by atoms with E-state index >= 15 is 0 Å². The molecule has 17 heavy (non-hydrogen) atoms. The summed E-state index contributed by atoms with van der Waals surface area (Å²) in [6, 6.07) is 10.1. The fourth-order valence-electron chi connectivity index (χ4n) is 1.76. The van der Waals surface area contributed by atoms with Crippen LogP contribution in [0.15, 0.2) is 42.6 Å². The summed E-state index contributed by atoms with van der Waals surface area (Å²) in [5.74, 6) is 0.209. The first-order valence-electron chi connectivity index (χ1n) is 5.45. The highest BCUT2D eigenvalue weighted by molar-refractivity contribution is 5.64. The molecular formula is C13H14FN3. The van der Waals surface area contributed by atoms with Gasteiger partial charge in [0, 0.05) is 30.2 Å². The summed E-state index contributed by atoms with van der Waals surface area (Å²) in [5.41, 5.74) is 7.36. The van der Waals surface area contributed by atoms with Crippen molar-refractivity contribution in [3.63, 3.8) is 0 Å². The summed E-state index contributed by atoms with van der Waals surface area (Å²) < 4.78 is 13.2. The van der Waals surface area contributed by atoms with Crippen LogP contribution in [0.5, 0.6) is 0 Å². The number of pyridine rings is 1. The Morgan fingerprint density at radius 1 is 1.24 bits per heavy atom. The van der Waals surface area contributed by atoms with Gasteiger partial charge in [0.25, 0.3) is 0 Å². The van der Waals surface area contributed by atoms with E-state index < -0.39 is 0 Å². The van der Waals surface area contributed by atoms with Gasteiger partial charge in [0.15, 0.2) is 0 Å². The Morgan fingerprint density at radius 3 is 2.65 bits per heavy atom. The van der Waals surface area contributed by atoms with Crippen LogP contribution in [0, 0.1) is 5.82 Å². The zero-order valence-electron chi connectivity index (χ0n) is 9.60. The predicted molar refractivity (Wildman–Crippen MR) is 67.7 cm³/mol. The van der Waals surface area contributed by atoms with Crippen LogP contribution in [0.1, 0.15) is 6.92 Å². The topological polar surface area (TPSA) is 42.2 Å². The molecule has 3 nitrogen and oxygen atoms in total. The molecule has 0 spiro atoms. The lowest BCUT2D eigenvalue weighted by atomic mass is 10.2. The molecular weight excluding hydrogens is 217 g/mol. The molecule has 0 saturated carbocycles. The third-order valence-corrected chi connectivity index (χ3v) is 2.51. The van der Waals surface area contributed by atoms with E-state index in [9.17, 15) is 4.39 Å². The number of nitrogens with zero attached hydrogens (tertiary/aromatic N) is 2. The Hall–Kier alpha value is -2.10. The number of anilines is 3. The second-order valence-electron chi connectivity index (χ2n) is 3.66. The molecule has 0 bridgehead atoms. The number of hydrogen-bond acceptors (Lipinski definition) is 3. The molecule has 0 fully saturated rings. The Kier molecular flexibility index (Phi) is 3.23. The summed E-state index contributed by atoms with van der Waals surface area (Å²) in [6.45, 7) is 2.73. The van der Waals surface area contributed by atoms with Gasteiger partial charge in [-0.1, -0.05) is 6.07 Å². The molecule has 88 valence electrons. The quantitative estimate of drug-likeness (QED) is 0.883. The maximum absolute atomic E-state index is 13.2. The average molecular weight is 231 g/mol. The smallest absolute Gasteiger partial charge is 0.125 e. The van der Waals surface area contributed by atoms with Crippen LogP contribution in [0.4, 0.5) is 21.6 Å². The van der Waals surface area contributed by atoms with E-state index in [4.69, 9.17) is 5.73 Å². The zero-order chi connectivity index (χ0) is 12.3. The first-order chi connectivity index (χ1) is 8.20. The summed E-state index contributed by atoms with van der Waals surface area (Å²) in [5, 5.41) is 0. The number of rotatable bonds is 3. The van der Waals surface area contributed by atoms with Crippen LogP contribution in [0.25, 0.3) is 0 Å². The molecule has 1 aromatic carbocycles. The van der Waals surface area contributed by atoms with E-state index in [1.165, 1.54) is 12.1 Å². The van der Waals surface area contributed by atoms with Crippen LogP contribution in [0.3, 0.4) is 0 Å². The Bertz CT molecular complexity index is 468. The van der Waals surface area contributed by atoms with Crippen molar-refractivity contribution in [2.45, 2.75) is 6.92 Å². The molecule has 0 aliphatic heterocycles. The van der Waals surface area contributed by atoms with Gasteiger partial charge in [-0.15, -0.1) is 0 Å². The number of aromatic nitrogens is 1. The van der Waals surface area contributed by atoms with Gasteiger partial charge in [0.05, 0.1) is 0 Å². The van der Waals surface area contributed by atoms with Crippen LogP contribution in [0.2, 0.25) is 0 Å². The summed E-state index contributed by atoms with van der Waals surface area (Å²) in [4.78, 5) is 5.92. The van der Waals surface area contributed by atoms with E-state index in [1.54, 1.807) is 18.3 Å². The van der Waals surface area contributed by atoms with Gasteiger partial charge in [-0.05, 0) is 31.2 Å². The maximum atomic E-state index is 13.2. The first-order valence-corrected chi connectivity index (χ1v) is 5.45. The van der Waals surface area contributed by atoms with Gasteiger partial charge in [-0.3, -0.25) is 0 Å². The minimum absolute atomic E-state index is 0.247. The summed E-state index contributed by atoms with van der Waals surface area (Å²) in [7, 11) is 0. The van der Waals surface area contributed by atoms with Crippen LogP contribution in [-0.2, 0) is 0 Å². The van der Waals surface area contributed by atoms with E-state index in [1.807, 2.05) is 24.0 Å². The monoisotopic (exact) mass is 231 g/mol. The Labute approximate surface area is 99.7 Å². The van der Waals surface area contributed by atoms with Crippen molar-refractivity contribution < 1.29 is 4.39 Å². The van der Waals surface area contributed by atoms with Crippen molar-refractivity contribution >= 4 is 17.2 Å². The molecule has 2 N–H and O–H groups in total. The van der Waals surface area contributed by atoms with Crippen molar-refractivity contribution in [3.8, 4) is 0 Å². The minimum atomic E-state index is -0.247. The van der Waals surface area contributed by atoms with E-state index in [0.29, 0.717) is 5.82 Å². The molecule has 0 radical (unpaired) electrons. The number of benzene rings is 1. The number of nitrogens with two attached hydrogens (primary N) is 1. The number of hydrogen-bond donors (Lipinski definition) is 1. The Morgan fingerprint density at radius 2 is 2.00 bits per heavy atom. The summed E-state index contributed by atoms with van der Waals surface area (Å²) in [6.07, 6.45) is 1.65. The van der Waals surface area contributed by atoms with Crippen molar-refractivity contribution in [3.05, 3.63) is 48.4 Å². The SMILES string of the molecule is CCN(c1cccc(F)c1)c1ccnc(N)c1. The van der Waals surface area contributed by atoms with E-state index in [0.717, 1.165) is 17.9 Å². The lowest BCUT2D eigenvalue weighted by Gasteiger charge is -2.23. The molecule has 1 heterocycles. The molecule has 0 saturated heterocycles. The molecule has 2 rings (SSSR count). The van der Waals surface area contributed by atoms with E-state index in [2.05, 4.69) is 4.98 Å². The van der Waals surface area contributed by atoms with Crippen molar-refractivity contribution in [2.24, 2.45) is 0 Å². The van der Waals surface area contributed by atoms with Gasteiger partial charge < -0.3 is 10.6 Å². The molecule has 0 unspecified atom stereocenters. The van der Waals surface area contributed by atoms with E-state index in [-0.39, 0.29) is 5.82 Å². The van der Waals surface area contributed by atoms with Gasteiger partial charge >= 0.3 is 0 Å². The number of halogens is 1. The molecule has 4 heteroatoms. The molecule has 0 atom stereocenters. The molecule has 1 aromatic heterocycles. The second-order valence-corrected chi connectivity index (χ2v) is 3.66. The normalized spacial score (nSPS) is 10.2. The highest BCUT2D eigenvalue weighted by Crippen LogP contribution is 2.25. The van der Waals surface area contributed by atoms with Crippen LogP contribution < -0.4 is 10.6 Å². The zero-order valence-corrected chi connectivity index (χ0v) is 9.60. The average Bonchev–Trinajstić information content (AvgIpc) is 2.30. The first kappa shape index (κ1) is 11.4. The third-order valence-electron chi connectivity index (χ3n) is 2.51. The highest BCUT2D eigenvalue weighted by Gasteiger charge is 2.08. The molecule has 2 aromatic rings. The highest BCUT2D eigenvalue weighted by atomic mass is 19.1. The molecule has 0 aliphatic carbocycles. The van der Waals surface area contributed by atoms with Crippen molar-refractivity contribution in [2.75, 3.05) is 17.2 Å². The fraction of sp³-hybridized carbons (Fsp3) is 0.154. The van der Waals surface area contributed by atoms with Gasteiger partial charge in [-0.2, -0.15) is 0 Å². The second kappa shape index (κ2) is 4.82. The number of nitrogen functional groups attached to an aromatic ring is 1. The Balaban J connectivity index is 2.40. The van der Waals surface area contributed by atoms with Crippen LogP contribution in [-0.4, -0.2) is 11.5 Å². The fourth-order valence-corrected chi connectivity index (χ4v) is 1.76. The third kappa shape index (κ3) is 2.53.